The van der Waals surface area contributed by atoms with Gasteiger partial charge in [-0.3, -0.25) is 0 Å². The van der Waals surface area contributed by atoms with Gasteiger partial charge in [0.1, 0.15) is 0 Å². The van der Waals surface area contributed by atoms with Gasteiger partial charge in [0, 0.05) is 0 Å². The maximum absolute atomic E-state index is 8.52. The monoisotopic (exact) mass is 775 g/mol. The van der Waals surface area contributed by atoms with E-state index < -0.39 is 24.4 Å². The van der Waals surface area contributed by atoms with Gasteiger partial charge in [-0.05, 0) is 0 Å². The third-order valence-corrected chi connectivity index (χ3v) is 93.2. The zero-order valence-electron chi connectivity index (χ0n) is 26.7. The number of hydrogen-bond acceptors (Lipinski definition) is 0. The molecule has 6 aromatic carbocycles. The predicted octanol–water partition coefficient (Wildman–Crippen LogP) is 12.9. The maximum atomic E-state index is 8.52. The fourth-order valence-electron chi connectivity index (χ4n) is 8.62. The molecule has 2 aliphatic rings. The molecule has 0 nitrogen and oxygen atoms in total. The molecule has 0 heterocycles. The van der Waals surface area contributed by atoms with Crippen molar-refractivity contribution in [2.24, 2.45) is 0 Å². The summed E-state index contributed by atoms with van der Waals surface area (Å²) < 4.78 is 0.201. The van der Waals surface area contributed by atoms with Gasteiger partial charge < -0.3 is 0 Å². The van der Waals surface area contributed by atoms with E-state index >= 15 is 0 Å². The Morgan fingerprint density at radius 1 is 0.500 bits per heavy atom. The first-order chi connectivity index (χ1) is 22.1. The van der Waals surface area contributed by atoms with E-state index in [4.69, 9.17) is 17.0 Å². The Balaban J connectivity index is 1.28. The molecule has 4 heteroatoms. The molecule has 0 N–H and O–H groups in total. The minimum absolute atomic E-state index is 0.101. The Hall–Kier alpha value is -2.67. The average Bonchev–Trinajstić information content (AvgIpc) is 3.60. The molecule has 0 fully saturated rings. The molecule has 8 rings (SSSR count). The Morgan fingerprint density at radius 2 is 0.913 bits per heavy atom. The standard InChI is InChI=1S/2C20H15.C2H7Ge.2ClH.Zr/c2*1-14-11-17-7-4-8-19(20(17)12-14)18-10-9-15-5-2-3-6-16(15)13-18;1-3-2;;;/h2*2-13H,1H3;3H,1-2H3;2*1H;/q;;;;;+2/p-2. The molecule has 0 aromatic heterocycles. The molecule has 0 spiro atoms. The topological polar surface area (TPSA) is 0 Å². The van der Waals surface area contributed by atoms with Crippen LogP contribution in [0.2, 0.25) is 11.5 Å². The van der Waals surface area contributed by atoms with Gasteiger partial charge in [-0.1, -0.05) is 0 Å². The van der Waals surface area contributed by atoms with Crippen molar-refractivity contribution in [2.75, 3.05) is 0 Å². The third kappa shape index (κ3) is 4.57. The fourth-order valence-corrected chi connectivity index (χ4v) is 55.9. The van der Waals surface area contributed by atoms with Gasteiger partial charge in [0.2, 0.25) is 0 Å². The molecule has 227 valence electrons. The van der Waals surface area contributed by atoms with E-state index in [1.54, 1.807) is 0 Å². The van der Waals surface area contributed by atoms with Crippen molar-refractivity contribution >= 4 is 61.3 Å². The SMILES string of the molecule is CC1=Cc2c(-c3ccc4ccccc4c3)cccc2[CH]1[Zr]([Cl])([Cl])([CH]1C(C)=Cc2c(-c3ccc4ccccc4c3)cccc21)[GeH]([CH3])[CH3]. The van der Waals surface area contributed by atoms with Gasteiger partial charge in [0.25, 0.3) is 0 Å². The molecule has 46 heavy (non-hydrogen) atoms. The molecule has 2 aliphatic carbocycles. The first-order valence-electron chi connectivity index (χ1n) is 16.3. The van der Waals surface area contributed by atoms with Crippen LogP contribution in [0, 0.1) is 0 Å². The minimum atomic E-state index is -4.70. The van der Waals surface area contributed by atoms with E-state index in [-0.39, 0.29) is 7.25 Å². The molecule has 0 radical (unpaired) electrons. The van der Waals surface area contributed by atoms with Gasteiger partial charge in [-0.25, -0.2) is 0 Å². The second-order valence-corrected chi connectivity index (χ2v) is 77.9. The van der Waals surface area contributed by atoms with Crippen molar-refractivity contribution in [3.8, 4) is 22.3 Å². The van der Waals surface area contributed by atoms with Crippen LogP contribution in [-0.2, 0) is 13.9 Å². The third-order valence-electron chi connectivity index (χ3n) is 10.9. The van der Waals surface area contributed by atoms with Gasteiger partial charge >= 0.3 is 285 Å². The molecule has 0 saturated carbocycles. The second kappa shape index (κ2) is 11.2. The predicted molar refractivity (Wildman–Crippen MR) is 202 cm³/mol. The summed E-state index contributed by atoms with van der Waals surface area (Å²) in [5, 5.41) is 5.04. The summed E-state index contributed by atoms with van der Waals surface area (Å²) in [6, 6.07) is 44.5. The summed E-state index contributed by atoms with van der Waals surface area (Å²) in [6.07, 6.45) is 4.82. The summed E-state index contributed by atoms with van der Waals surface area (Å²) in [6.45, 7) is 4.58. The van der Waals surface area contributed by atoms with Crippen LogP contribution >= 0.6 is 17.0 Å². The van der Waals surface area contributed by atoms with E-state index in [0.29, 0.717) is 0 Å². The van der Waals surface area contributed by atoms with Crippen LogP contribution in [0.4, 0.5) is 0 Å². The molecule has 2 atom stereocenters. The van der Waals surface area contributed by atoms with Crippen LogP contribution in [0.3, 0.4) is 0 Å². The number of allylic oxidation sites excluding steroid dienone is 2. The summed E-state index contributed by atoms with van der Waals surface area (Å²) in [4.78, 5) is 0. The number of rotatable bonds is 5. The van der Waals surface area contributed by atoms with Crippen molar-refractivity contribution in [1.82, 2.24) is 0 Å². The molecular weight excluding hydrogens is 739 g/mol. The van der Waals surface area contributed by atoms with Crippen molar-refractivity contribution in [3.05, 3.63) is 155 Å². The van der Waals surface area contributed by atoms with Crippen molar-refractivity contribution < 1.29 is 13.9 Å². The Labute approximate surface area is 282 Å². The molecular formula is C42H37Cl2GeZr. The molecule has 0 bridgehead atoms. The van der Waals surface area contributed by atoms with Gasteiger partial charge in [0.05, 0.1) is 0 Å². The van der Waals surface area contributed by atoms with Crippen molar-refractivity contribution in [2.45, 2.75) is 32.6 Å². The number of fused-ring (bicyclic) bond motifs is 4. The summed E-state index contributed by atoms with van der Waals surface area (Å²) in [7, 11) is 14.8. The van der Waals surface area contributed by atoms with Crippen LogP contribution in [0.5, 0.6) is 0 Å². The molecule has 0 saturated heterocycles. The van der Waals surface area contributed by atoms with E-state index in [9.17, 15) is 0 Å². The summed E-state index contributed by atoms with van der Waals surface area (Å²) in [5.41, 5.74) is 13.0. The molecule has 0 aliphatic heterocycles. The Kier molecular flexibility index (Phi) is 7.46. The zero-order valence-corrected chi connectivity index (χ0v) is 33.1. The van der Waals surface area contributed by atoms with E-state index in [1.165, 1.54) is 77.2 Å². The van der Waals surface area contributed by atoms with Crippen LogP contribution in [0.1, 0.15) is 43.4 Å². The van der Waals surface area contributed by atoms with Crippen LogP contribution in [-0.4, -0.2) is 10.6 Å². The zero-order chi connectivity index (χ0) is 31.8. The van der Waals surface area contributed by atoms with Crippen LogP contribution < -0.4 is 0 Å². The first-order valence-corrected chi connectivity index (χ1v) is 38.9. The number of hydrogen-bond donors (Lipinski definition) is 0. The van der Waals surface area contributed by atoms with Crippen LogP contribution in [0.25, 0.3) is 56.0 Å². The number of benzene rings is 6. The van der Waals surface area contributed by atoms with Gasteiger partial charge in [-0.2, -0.15) is 0 Å². The Morgan fingerprint density at radius 3 is 1.33 bits per heavy atom. The van der Waals surface area contributed by atoms with Gasteiger partial charge in [0.15, 0.2) is 0 Å². The van der Waals surface area contributed by atoms with E-state index in [1.807, 2.05) is 0 Å². The van der Waals surface area contributed by atoms with E-state index in [2.05, 4.69) is 159 Å². The van der Waals surface area contributed by atoms with Crippen molar-refractivity contribution in [1.29, 1.82) is 0 Å². The number of halogens is 2. The Bertz CT molecular complexity index is 2120. The second-order valence-electron chi connectivity index (χ2n) is 13.8. The molecule has 2 unspecified atom stereocenters. The first kappa shape index (κ1) is 30.6. The molecule has 0 amide bonds. The van der Waals surface area contributed by atoms with Gasteiger partial charge in [-0.15, -0.1) is 0 Å². The van der Waals surface area contributed by atoms with Crippen molar-refractivity contribution in [3.63, 3.8) is 0 Å². The fraction of sp³-hybridized carbons (Fsp3) is 0.143. The normalized spacial score (nSPS) is 18.3. The molecule has 6 aromatic rings. The summed E-state index contributed by atoms with van der Waals surface area (Å²) in [5.74, 6) is 4.93. The quantitative estimate of drug-likeness (QED) is 0.153. The van der Waals surface area contributed by atoms with Crippen LogP contribution in [0.15, 0.2) is 132 Å². The summed E-state index contributed by atoms with van der Waals surface area (Å²) >= 11 is -4.70. The van der Waals surface area contributed by atoms with E-state index in [0.717, 1.165) is 0 Å². The average molecular weight is 776 g/mol.